The van der Waals surface area contributed by atoms with Crippen molar-refractivity contribution in [3.8, 4) is 34.4 Å². The van der Waals surface area contributed by atoms with Crippen molar-refractivity contribution in [2.45, 2.75) is 32.4 Å². The van der Waals surface area contributed by atoms with E-state index < -0.39 is 30.6 Å². The minimum Gasteiger partial charge on any atom is -0.361 e. The van der Waals surface area contributed by atoms with Gasteiger partial charge in [-0.2, -0.15) is 10.2 Å². The van der Waals surface area contributed by atoms with Gasteiger partial charge in [0.2, 0.25) is 0 Å². The highest BCUT2D eigenvalue weighted by Gasteiger charge is 2.25. The zero-order chi connectivity index (χ0) is 41.6. The summed E-state index contributed by atoms with van der Waals surface area (Å²) in [5, 5.41) is 9.56. The maximum Gasteiger partial charge on any atom is 0.334 e. The summed E-state index contributed by atoms with van der Waals surface area (Å²) in [6, 6.07) is 18.7. The highest BCUT2D eigenvalue weighted by molar-refractivity contribution is 6.76. The monoisotopic (exact) mass is 842 g/mol. The average Bonchev–Trinajstić information content (AvgIpc) is 3.98. The van der Waals surface area contributed by atoms with E-state index in [4.69, 9.17) is 32.9 Å². The average molecular weight is 844 g/mol. The number of hydrogen-bond acceptors (Lipinski definition) is 9. The van der Waals surface area contributed by atoms with E-state index in [1.54, 1.807) is 87.5 Å². The van der Waals surface area contributed by atoms with Gasteiger partial charge in [0.05, 0.1) is 0 Å². The van der Waals surface area contributed by atoms with Gasteiger partial charge in [0, 0.05) is 76.7 Å². The van der Waals surface area contributed by atoms with Crippen molar-refractivity contribution in [2.24, 2.45) is 28.2 Å². The van der Waals surface area contributed by atoms with Gasteiger partial charge in [-0.15, -0.1) is 0 Å². The number of nitrogens with zero attached hydrogens (tertiary/aromatic N) is 11. The van der Waals surface area contributed by atoms with E-state index in [-0.39, 0.29) is 29.1 Å². The predicted molar refractivity (Wildman–Crippen MR) is 226 cm³/mol. The van der Waals surface area contributed by atoms with Gasteiger partial charge in [-0.25, -0.2) is 19.6 Å². The second-order valence-corrected chi connectivity index (χ2v) is 21.3. The molecule has 0 bridgehead atoms. The highest BCUT2D eigenvalue weighted by atomic mass is 35.5. The number of aromatic nitrogens is 12. The van der Waals surface area contributed by atoms with Crippen molar-refractivity contribution in [1.29, 1.82) is 0 Å². The third-order valence-corrected chi connectivity index (χ3v) is 11.7. The summed E-state index contributed by atoms with van der Waals surface area (Å²) in [5.74, 6) is 0.988. The van der Waals surface area contributed by atoms with E-state index in [9.17, 15) is 19.2 Å². The first kappa shape index (κ1) is 40.1. The Bertz CT molecular complexity index is 3050. The number of H-pyrrole nitrogens is 1. The molecule has 0 saturated carbocycles. The predicted octanol–water partition coefficient (Wildman–Crippen LogP) is 4.72. The van der Waals surface area contributed by atoms with E-state index in [2.05, 4.69) is 39.8 Å². The smallest absolute Gasteiger partial charge is 0.334 e. The van der Waals surface area contributed by atoms with Crippen molar-refractivity contribution < 1.29 is 4.74 Å². The summed E-state index contributed by atoms with van der Waals surface area (Å²) in [4.78, 5) is 62.8. The minimum absolute atomic E-state index is 0.0103. The Labute approximate surface area is 340 Å². The number of hydrogen-bond donors (Lipinski definition) is 1. The third kappa shape index (κ3) is 7.53. The first-order valence-electron chi connectivity index (χ1n) is 18.1. The van der Waals surface area contributed by atoms with Crippen LogP contribution in [0.15, 0.2) is 92.2 Å². The van der Waals surface area contributed by atoms with Gasteiger partial charge in [-0.1, -0.05) is 42.8 Å². The Balaban J connectivity index is 0.000000183. The van der Waals surface area contributed by atoms with E-state index in [1.165, 1.54) is 18.7 Å². The molecule has 58 heavy (non-hydrogen) atoms. The van der Waals surface area contributed by atoms with Crippen LogP contribution < -0.4 is 22.5 Å². The summed E-state index contributed by atoms with van der Waals surface area (Å²) in [7, 11) is 5.17. The van der Waals surface area contributed by atoms with E-state index in [1.807, 2.05) is 18.2 Å². The number of benzene rings is 2. The number of imidazole rings is 2. The fraction of sp³-hybridized carbons (Fsp3) is 0.263. The maximum atomic E-state index is 13.3. The topological polar surface area (TPSA) is 179 Å². The fourth-order valence-corrected chi connectivity index (χ4v) is 7.32. The standard InChI is InChI=1S/C22H27ClN6O3Si.C16H13ClN6O2/c1-26-21(30)18-20(28(22(26)31)14-32-12-13-33(3,4)5)25-19(17-10-11-24-27(17)2)29(18)16-8-6-15(23)7-9-16;1-21-15(24)12-13(20-16(21)25)19-14(11-7-8-18-22(11)2)23(12)10-5-3-9(17)4-6-10/h6-11H,12-14H2,1-5H3;3-8H,1-2H3,(H,20,25). The molecule has 6 aromatic heterocycles. The van der Waals surface area contributed by atoms with Gasteiger partial charge < -0.3 is 4.74 Å². The lowest BCUT2D eigenvalue weighted by Gasteiger charge is -2.16. The quantitative estimate of drug-likeness (QED) is 0.159. The maximum absolute atomic E-state index is 13.3. The number of aromatic amines is 1. The molecule has 0 aliphatic carbocycles. The number of ether oxygens (including phenoxy) is 1. The lowest BCUT2D eigenvalue weighted by atomic mass is 10.3. The molecule has 0 atom stereocenters. The Kier molecular flexibility index (Phi) is 10.9. The van der Waals surface area contributed by atoms with Gasteiger partial charge >= 0.3 is 11.4 Å². The summed E-state index contributed by atoms with van der Waals surface area (Å²) in [6.07, 6.45) is 3.30. The zero-order valence-corrected chi connectivity index (χ0v) is 35.3. The van der Waals surface area contributed by atoms with Crippen molar-refractivity contribution in [3.63, 3.8) is 0 Å². The van der Waals surface area contributed by atoms with Crippen LogP contribution in [-0.2, 0) is 39.7 Å². The number of fused-ring (bicyclic) bond motifs is 2. The number of aryl methyl sites for hydroxylation is 2. The molecule has 0 amide bonds. The number of rotatable bonds is 9. The lowest BCUT2D eigenvalue weighted by Crippen LogP contribution is -2.39. The zero-order valence-electron chi connectivity index (χ0n) is 32.8. The Morgan fingerprint density at radius 2 is 1.17 bits per heavy atom. The molecule has 20 heteroatoms. The molecule has 0 aliphatic rings. The summed E-state index contributed by atoms with van der Waals surface area (Å²) < 4.78 is 16.1. The summed E-state index contributed by atoms with van der Waals surface area (Å²) in [6.45, 7) is 7.35. The number of nitrogens with one attached hydrogen (secondary N) is 1. The van der Waals surface area contributed by atoms with Crippen LogP contribution in [0.5, 0.6) is 0 Å². The van der Waals surface area contributed by atoms with Crippen LogP contribution >= 0.6 is 23.2 Å². The summed E-state index contributed by atoms with van der Waals surface area (Å²) in [5.41, 5.74) is 1.97. The van der Waals surface area contributed by atoms with Crippen LogP contribution in [0, 0.1) is 0 Å². The fourth-order valence-electron chi connectivity index (χ4n) is 6.31. The first-order valence-corrected chi connectivity index (χ1v) is 22.5. The van der Waals surface area contributed by atoms with Gasteiger partial charge in [0.15, 0.2) is 34.0 Å². The van der Waals surface area contributed by atoms with Crippen LogP contribution in [0.25, 0.3) is 56.7 Å². The third-order valence-electron chi connectivity index (χ3n) is 9.54. The second-order valence-electron chi connectivity index (χ2n) is 14.8. The van der Waals surface area contributed by atoms with Crippen LogP contribution in [-0.4, -0.2) is 72.0 Å². The van der Waals surface area contributed by atoms with Crippen LogP contribution in [0.1, 0.15) is 0 Å². The van der Waals surface area contributed by atoms with Crippen molar-refractivity contribution >= 4 is 53.6 Å². The Morgan fingerprint density at radius 1 is 0.672 bits per heavy atom. The molecule has 0 radical (unpaired) electrons. The lowest BCUT2D eigenvalue weighted by molar-refractivity contribution is 0.0857. The van der Waals surface area contributed by atoms with E-state index >= 15 is 0 Å². The van der Waals surface area contributed by atoms with Gasteiger partial charge in [0.25, 0.3) is 11.1 Å². The molecule has 0 saturated heterocycles. The molecule has 0 spiro atoms. The Hall–Kier alpha value is -6.08. The normalized spacial score (nSPS) is 11.7. The van der Waals surface area contributed by atoms with Crippen molar-refractivity contribution in [1.82, 2.24) is 57.3 Å². The molecule has 0 aliphatic heterocycles. The molecule has 300 valence electrons. The van der Waals surface area contributed by atoms with E-state index in [0.29, 0.717) is 51.1 Å². The SMILES string of the molecule is Cn1nccc1-c1nc2[nH]c(=O)n(C)c(=O)c2n1-c1ccc(Cl)cc1.Cn1nccc1-c1nc2c(c(=O)n(C)c(=O)n2COCC[Si](C)(C)C)n1-c1ccc(Cl)cc1. The Morgan fingerprint density at radius 3 is 1.67 bits per heavy atom. The molecule has 2 aromatic carbocycles. The van der Waals surface area contributed by atoms with E-state index in [0.717, 1.165) is 15.2 Å². The molecular weight excluding hydrogens is 803 g/mol. The molecule has 1 N–H and O–H groups in total. The van der Waals surface area contributed by atoms with Gasteiger partial charge in [0.1, 0.15) is 18.1 Å². The molecule has 0 unspecified atom stereocenters. The molecule has 6 heterocycles. The molecule has 0 fully saturated rings. The van der Waals surface area contributed by atoms with Crippen LogP contribution in [0.3, 0.4) is 0 Å². The molecular formula is C38H40Cl2N12O5Si. The highest BCUT2D eigenvalue weighted by Crippen LogP contribution is 2.28. The first-order chi connectivity index (χ1) is 27.6. The second kappa shape index (κ2) is 15.7. The van der Waals surface area contributed by atoms with Crippen LogP contribution in [0.4, 0.5) is 0 Å². The minimum atomic E-state index is -1.29. The molecule has 8 rings (SSSR count). The van der Waals surface area contributed by atoms with Crippen molar-refractivity contribution in [3.05, 3.63) is 125 Å². The molecule has 8 aromatic rings. The van der Waals surface area contributed by atoms with Gasteiger partial charge in [-0.3, -0.25) is 46.8 Å². The van der Waals surface area contributed by atoms with Gasteiger partial charge in [-0.05, 0) is 66.7 Å². The number of halogens is 2. The largest absolute Gasteiger partial charge is 0.361 e. The van der Waals surface area contributed by atoms with Crippen LogP contribution in [0.2, 0.25) is 35.7 Å². The van der Waals surface area contributed by atoms with Crippen molar-refractivity contribution in [2.75, 3.05) is 6.61 Å². The molecule has 17 nitrogen and oxygen atoms in total. The summed E-state index contributed by atoms with van der Waals surface area (Å²) >= 11 is 12.1.